The molecule has 0 rings (SSSR count). The fourth-order valence-electron chi connectivity index (χ4n) is 2.33. The monoisotopic (exact) mass is 286 g/mol. The Hall–Kier alpha value is -1.10. The molecule has 0 aliphatic heterocycles. The van der Waals surface area contributed by atoms with Crippen LogP contribution in [0, 0.1) is 11.3 Å². The van der Waals surface area contributed by atoms with Crippen LogP contribution in [0.25, 0.3) is 0 Å². The Morgan fingerprint density at radius 1 is 1.20 bits per heavy atom. The van der Waals surface area contributed by atoms with E-state index in [-0.39, 0.29) is 11.3 Å². The lowest BCUT2D eigenvalue weighted by atomic mass is 9.76. The summed E-state index contributed by atoms with van der Waals surface area (Å²) in [5.41, 5.74) is 5.72. The Morgan fingerprint density at radius 2 is 1.80 bits per heavy atom. The molecule has 5 heteroatoms. The molecule has 0 heterocycles. The van der Waals surface area contributed by atoms with Gasteiger partial charge < -0.3 is 16.2 Å². The maximum atomic E-state index is 11.9. The first-order valence-corrected chi connectivity index (χ1v) is 7.44. The van der Waals surface area contributed by atoms with Gasteiger partial charge in [-0.25, -0.2) is 4.79 Å². The second kappa shape index (κ2) is 8.95. The third kappa shape index (κ3) is 7.48. The molecule has 4 N–H and O–H groups in total. The van der Waals surface area contributed by atoms with Gasteiger partial charge in [0.05, 0.1) is 0 Å². The van der Waals surface area contributed by atoms with Crippen molar-refractivity contribution in [1.82, 2.24) is 5.32 Å². The van der Waals surface area contributed by atoms with E-state index in [9.17, 15) is 9.59 Å². The van der Waals surface area contributed by atoms with Gasteiger partial charge in [0.25, 0.3) is 0 Å². The van der Waals surface area contributed by atoms with E-state index in [0.29, 0.717) is 25.3 Å². The summed E-state index contributed by atoms with van der Waals surface area (Å²) in [5, 5.41) is 11.6. The van der Waals surface area contributed by atoms with Gasteiger partial charge in [-0.1, -0.05) is 34.1 Å². The normalized spacial score (nSPS) is 14.7. The molecule has 2 atom stereocenters. The molecule has 2 unspecified atom stereocenters. The van der Waals surface area contributed by atoms with Crippen LogP contribution in [-0.2, 0) is 9.59 Å². The van der Waals surface area contributed by atoms with Gasteiger partial charge >= 0.3 is 5.97 Å². The van der Waals surface area contributed by atoms with Crippen molar-refractivity contribution < 1.29 is 14.7 Å². The van der Waals surface area contributed by atoms with E-state index >= 15 is 0 Å². The van der Waals surface area contributed by atoms with Gasteiger partial charge in [0.1, 0.15) is 6.04 Å². The summed E-state index contributed by atoms with van der Waals surface area (Å²) in [5.74, 6) is -0.778. The summed E-state index contributed by atoms with van der Waals surface area (Å²) in [4.78, 5) is 22.9. The molecule has 5 nitrogen and oxygen atoms in total. The predicted molar refractivity (Wildman–Crippen MR) is 80.3 cm³/mol. The summed E-state index contributed by atoms with van der Waals surface area (Å²) in [7, 11) is 0. The number of rotatable bonds is 9. The zero-order chi connectivity index (χ0) is 15.8. The molecule has 20 heavy (non-hydrogen) atoms. The number of carbonyl (C=O) groups is 2. The van der Waals surface area contributed by atoms with Crippen molar-refractivity contribution in [2.45, 2.75) is 65.8 Å². The number of carbonyl (C=O) groups excluding carboxylic acids is 1. The number of carboxylic acid groups (broad SMARTS) is 1. The first-order valence-electron chi connectivity index (χ1n) is 7.44. The minimum Gasteiger partial charge on any atom is -0.480 e. The van der Waals surface area contributed by atoms with Crippen molar-refractivity contribution >= 4 is 11.9 Å². The van der Waals surface area contributed by atoms with Gasteiger partial charge in [-0.3, -0.25) is 4.79 Å². The van der Waals surface area contributed by atoms with Crippen LogP contribution in [0.1, 0.15) is 59.8 Å². The first-order chi connectivity index (χ1) is 9.22. The van der Waals surface area contributed by atoms with Crippen molar-refractivity contribution in [1.29, 1.82) is 0 Å². The van der Waals surface area contributed by atoms with Crippen LogP contribution < -0.4 is 11.1 Å². The van der Waals surface area contributed by atoms with Crippen LogP contribution >= 0.6 is 0 Å². The molecular weight excluding hydrogens is 256 g/mol. The Bertz CT molecular complexity index is 311. The highest BCUT2D eigenvalue weighted by molar-refractivity contribution is 5.83. The van der Waals surface area contributed by atoms with Crippen molar-refractivity contribution in [2.24, 2.45) is 17.1 Å². The van der Waals surface area contributed by atoms with Gasteiger partial charge in [0.2, 0.25) is 5.91 Å². The SMILES string of the molecule is CCCC(NC(=O)CCC(CCN)C(C)(C)C)C(=O)O. The molecule has 0 aromatic heterocycles. The first kappa shape index (κ1) is 18.9. The van der Waals surface area contributed by atoms with Crippen molar-refractivity contribution in [2.75, 3.05) is 6.54 Å². The smallest absolute Gasteiger partial charge is 0.326 e. The Kier molecular flexibility index (Phi) is 8.46. The number of hydrogen-bond acceptors (Lipinski definition) is 3. The topological polar surface area (TPSA) is 92.4 Å². The van der Waals surface area contributed by atoms with Crippen LogP contribution in [0.2, 0.25) is 0 Å². The molecule has 0 aliphatic carbocycles. The Labute approximate surface area is 122 Å². The molecule has 1 amide bonds. The zero-order valence-electron chi connectivity index (χ0n) is 13.2. The third-order valence-electron chi connectivity index (χ3n) is 3.67. The third-order valence-corrected chi connectivity index (χ3v) is 3.67. The van der Waals surface area contributed by atoms with E-state index in [1.165, 1.54) is 0 Å². The van der Waals surface area contributed by atoms with Crippen LogP contribution in [0.15, 0.2) is 0 Å². The van der Waals surface area contributed by atoms with E-state index in [1.807, 2.05) is 6.92 Å². The lowest BCUT2D eigenvalue weighted by molar-refractivity contribution is -0.142. The molecule has 0 bridgehead atoms. The van der Waals surface area contributed by atoms with E-state index < -0.39 is 12.0 Å². The fourth-order valence-corrected chi connectivity index (χ4v) is 2.33. The average Bonchev–Trinajstić information content (AvgIpc) is 2.32. The molecule has 0 radical (unpaired) electrons. The molecular formula is C15H30N2O3. The zero-order valence-corrected chi connectivity index (χ0v) is 13.2. The largest absolute Gasteiger partial charge is 0.480 e. The number of nitrogens with two attached hydrogens (primary N) is 1. The molecule has 0 aromatic rings. The minimum absolute atomic E-state index is 0.106. The highest BCUT2D eigenvalue weighted by atomic mass is 16.4. The molecule has 118 valence electrons. The van der Waals surface area contributed by atoms with Gasteiger partial charge in [0, 0.05) is 6.42 Å². The second-order valence-corrected chi connectivity index (χ2v) is 6.43. The van der Waals surface area contributed by atoms with Gasteiger partial charge in [0.15, 0.2) is 0 Å². The summed E-state index contributed by atoms with van der Waals surface area (Å²) in [6, 6.07) is -0.768. The number of nitrogens with one attached hydrogen (secondary N) is 1. The summed E-state index contributed by atoms with van der Waals surface area (Å²) < 4.78 is 0. The van der Waals surface area contributed by atoms with Crippen LogP contribution in [-0.4, -0.2) is 29.6 Å². The van der Waals surface area contributed by atoms with Crippen LogP contribution in [0.3, 0.4) is 0 Å². The maximum absolute atomic E-state index is 11.9. The highest BCUT2D eigenvalue weighted by Crippen LogP contribution is 2.32. The van der Waals surface area contributed by atoms with Crippen molar-refractivity contribution in [3.8, 4) is 0 Å². The van der Waals surface area contributed by atoms with E-state index in [2.05, 4.69) is 26.1 Å². The summed E-state index contributed by atoms with van der Waals surface area (Å²) in [6.45, 7) is 8.93. The number of aliphatic carboxylic acids is 1. The number of amides is 1. The van der Waals surface area contributed by atoms with Crippen molar-refractivity contribution in [3.63, 3.8) is 0 Å². The predicted octanol–water partition coefficient (Wildman–Crippen LogP) is 2.15. The maximum Gasteiger partial charge on any atom is 0.326 e. The average molecular weight is 286 g/mol. The molecule has 0 spiro atoms. The molecule has 0 aliphatic rings. The Morgan fingerprint density at radius 3 is 2.20 bits per heavy atom. The van der Waals surface area contributed by atoms with Crippen molar-refractivity contribution in [3.05, 3.63) is 0 Å². The minimum atomic E-state index is -0.963. The number of carboxylic acids is 1. The summed E-state index contributed by atoms with van der Waals surface area (Å²) in [6.07, 6.45) is 3.18. The lowest BCUT2D eigenvalue weighted by Gasteiger charge is -2.30. The Balaban J connectivity index is 4.34. The van der Waals surface area contributed by atoms with Crippen LogP contribution in [0.4, 0.5) is 0 Å². The van der Waals surface area contributed by atoms with E-state index in [4.69, 9.17) is 10.8 Å². The lowest BCUT2D eigenvalue weighted by Crippen LogP contribution is -2.41. The van der Waals surface area contributed by atoms with Crippen LogP contribution in [0.5, 0.6) is 0 Å². The van der Waals surface area contributed by atoms with E-state index in [0.717, 1.165) is 19.3 Å². The number of hydrogen-bond donors (Lipinski definition) is 3. The van der Waals surface area contributed by atoms with Gasteiger partial charge in [-0.2, -0.15) is 0 Å². The van der Waals surface area contributed by atoms with Gasteiger partial charge in [-0.15, -0.1) is 0 Å². The quantitative estimate of drug-likeness (QED) is 0.605. The standard InChI is InChI=1S/C15H30N2O3/c1-5-6-12(14(19)20)17-13(18)8-7-11(9-10-16)15(2,3)4/h11-12H,5-10,16H2,1-4H3,(H,17,18)(H,19,20). The second-order valence-electron chi connectivity index (χ2n) is 6.43. The summed E-state index contributed by atoms with van der Waals surface area (Å²) >= 11 is 0. The van der Waals surface area contributed by atoms with Gasteiger partial charge in [-0.05, 0) is 37.1 Å². The molecule has 0 saturated heterocycles. The molecule has 0 aromatic carbocycles. The molecule has 0 saturated carbocycles. The highest BCUT2D eigenvalue weighted by Gasteiger charge is 2.25. The van der Waals surface area contributed by atoms with E-state index in [1.54, 1.807) is 0 Å². The fraction of sp³-hybridized carbons (Fsp3) is 0.867. The molecule has 0 fully saturated rings.